The smallest absolute Gasteiger partial charge is 0.271 e. The van der Waals surface area contributed by atoms with Crippen LogP contribution in [0.4, 0.5) is 11.4 Å². The molecule has 0 bridgehead atoms. The molecule has 28 heavy (non-hydrogen) atoms. The maximum atomic E-state index is 12.8. The van der Waals surface area contributed by atoms with E-state index in [2.05, 4.69) is 10.3 Å². The van der Waals surface area contributed by atoms with E-state index in [1.54, 1.807) is 6.07 Å². The molecule has 0 saturated heterocycles. The zero-order valence-corrected chi connectivity index (χ0v) is 16.0. The number of nitro groups is 1. The first-order valence-corrected chi connectivity index (χ1v) is 9.29. The SMILES string of the molecule is COc1ccc([N+](=O)[O-])cc1NC(=O)c1cc2c(Cl)nc3ccccc3c2s1. The van der Waals surface area contributed by atoms with Gasteiger partial charge in [-0.25, -0.2) is 4.98 Å². The number of methoxy groups -OCH3 is 1. The number of amides is 1. The topological polar surface area (TPSA) is 94.4 Å². The average Bonchev–Trinajstić information content (AvgIpc) is 3.14. The highest BCUT2D eigenvalue weighted by Gasteiger charge is 2.18. The summed E-state index contributed by atoms with van der Waals surface area (Å²) in [7, 11) is 1.42. The predicted octanol–water partition coefficient (Wildman–Crippen LogP) is 5.27. The number of carbonyl (C=O) groups is 1. The van der Waals surface area contributed by atoms with Crippen molar-refractivity contribution in [2.75, 3.05) is 12.4 Å². The van der Waals surface area contributed by atoms with Crippen molar-refractivity contribution in [1.82, 2.24) is 4.98 Å². The van der Waals surface area contributed by atoms with E-state index in [9.17, 15) is 14.9 Å². The highest BCUT2D eigenvalue weighted by Crippen LogP contribution is 2.36. The zero-order chi connectivity index (χ0) is 19.8. The molecular weight excluding hydrogens is 402 g/mol. The van der Waals surface area contributed by atoms with Gasteiger partial charge in [0.05, 0.1) is 28.1 Å². The summed E-state index contributed by atoms with van der Waals surface area (Å²) in [6.45, 7) is 0. The van der Waals surface area contributed by atoms with E-state index < -0.39 is 10.8 Å². The van der Waals surface area contributed by atoms with Gasteiger partial charge in [-0.05, 0) is 18.2 Å². The lowest BCUT2D eigenvalue weighted by atomic mass is 10.2. The lowest BCUT2D eigenvalue weighted by Gasteiger charge is -2.09. The lowest BCUT2D eigenvalue weighted by Crippen LogP contribution is -2.11. The molecule has 4 rings (SSSR count). The molecule has 4 aromatic rings. The number of aromatic nitrogens is 1. The summed E-state index contributed by atoms with van der Waals surface area (Å²) < 4.78 is 6.04. The van der Waals surface area contributed by atoms with Gasteiger partial charge in [0.1, 0.15) is 10.9 Å². The normalized spacial score (nSPS) is 10.9. The Morgan fingerprint density at radius 2 is 2.00 bits per heavy atom. The van der Waals surface area contributed by atoms with Gasteiger partial charge < -0.3 is 10.1 Å². The quantitative estimate of drug-likeness (QED) is 0.279. The molecule has 0 atom stereocenters. The highest BCUT2D eigenvalue weighted by atomic mass is 35.5. The first-order chi connectivity index (χ1) is 13.5. The Bertz CT molecular complexity index is 1250. The summed E-state index contributed by atoms with van der Waals surface area (Å²) in [5, 5.41) is 15.6. The Hall–Kier alpha value is -3.23. The number of benzene rings is 2. The third kappa shape index (κ3) is 3.12. The fraction of sp³-hybridized carbons (Fsp3) is 0.0526. The van der Waals surface area contributed by atoms with Crippen molar-refractivity contribution in [3.05, 3.63) is 68.7 Å². The van der Waals surface area contributed by atoms with Gasteiger partial charge in [-0.2, -0.15) is 0 Å². The molecule has 0 aliphatic heterocycles. The molecule has 1 N–H and O–H groups in total. The van der Waals surface area contributed by atoms with E-state index in [1.165, 1.54) is 36.6 Å². The van der Waals surface area contributed by atoms with E-state index in [1.807, 2.05) is 24.3 Å². The van der Waals surface area contributed by atoms with Crippen molar-refractivity contribution in [3.8, 4) is 5.75 Å². The van der Waals surface area contributed by atoms with E-state index in [4.69, 9.17) is 16.3 Å². The predicted molar refractivity (Wildman–Crippen MR) is 110 cm³/mol. The van der Waals surface area contributed by atoms with Gasteiger partial charge in [0, 0.05) is 27.6 Å². The number of hydrogen-bond acceptors (Lipinski definition) is 6. The van der Waals surface area contributed by atoms with Crippen LogP contribution in [0.5, 0.6) is 5.75 Å². The molecule has 0 fully saturated rings. The van der Waals surface area contributed by atoms with Gasteiger partial charge in [-0.1, -0.05) is 29.8 Å². The molecule has 0 saturated carbocycles. The Labute approximate surface area is 167 Å². The second-order valence-corrected chi connectivity index (χ2v) is 7.28. The van der Waals surface area contributed by atoms with Gasteiger partial charge in [-0.3, -0.25) is 14.9 Å². The Morgan fingerprint density at radius 1 is 1.21 bits per heavy atom. The molecule has 0 radical (unpaired) electrons. The Morgan fingerprint density at radius 3 is 2.75 bits per heavy atom. The van der Waals surface area contributed by atoms with E-state index in [0.29, 0.717) is 21.2 Å². The number of anilines is 1. The summed E-state index contributed by atoms with van der Waals surface area (Å²) in [4.78, 5) is 28.0. The number of para-hydroxylation sites is 1. The van der Waals surface area contributed by atoms with Crippen LogP contribution in [0, 0.1) is 10.1 Å². The molecule has 2 aromatic heterocycles. The molecule has 2 aromatic carbocycles. The summed E-state index contributed by atoms with van der Waals surface area (Å²) in [5.41, 5.74) is 0.813. The second kappa shape index (κ2) is 7.06. The third-order valence-electron chi connectivity index (χ3n) is 4.19. The number of nitrogens with one attached hydrogen (secondary N) is 1. The van der Waals surface area contributed by atoms with Crippen LogP contribution in [0.2, 0.25) is 5.15 Å². The number of hydrogen-bond donors (Lipinski definition) is 1. The average molecular weight is 414 g/mol. The number of nitrogens with zero attached hydrogens (tertiary/aromatic N) is 2. The summed E-state index contributed by atoms with van der Waals surface area (Å²) in [6, 6.07) is 13.2. The van der Waals surface area contributed by atoms with Crippen molar-refractivity contribution in [3.63, 3.8) is 0 Å². The van der Waals surface area contributed by atoms with E-state index in [0.717, 1.165) is 15.6 Å². The van der Waals surface area contributed by atoms with Gasteiger partial charge in [0.15, 0.2) is 0 Å². The van der Waals surface area contributed by atoms with Gasteiger partial charge in [0.25, 0.3) is 11.6 Å². The van der Waals surface area contributed by atoms with Crippen LogP contribution in [0.15, 0.2) is 48.5 Å². The minimum atomic E-state index is -0.536. The highest BCUT2D eigenvalue weighted by molar-refractivity contribution is 7.22. The number of rotatable bonds is 4. The fourth-order valence-corrected chi connectivity index (χ4v) is 4.26. The van der Waals surface area contributed by atoms with Crippen molar-refractivity contribution >= 4 is 61.2 Å². The first-order valence-electron chi connectivity index (χ1n) is 8.09. The molecule has 1 amide bonds. The van der Waals surface area contributed by atoms with Crippen molar-refractivity contribution in [2.24, 2.45) is 0 Å². The fourth-order valence-electron chi connectivity index (χ4n) is 2.88. The maximum Gasteiger partial charge on any atom is 0.271 e. The standard InChI is InChI=1S/C19H12ClN3O4S/c1-27-15-7-6-10(23(25)26)8-14(15)22-19(24)16-9-12-17(28-16)11-4-2-3-5-13(11)21-18(12)20/h2-9H,1H3,(H,22,24). The minimum absolute atomic E-state index is 0.148. The van der Waals surface area contributed by atoms with Crippen molar-refractivity contribution in [1.29, 1.82) is 0 Å². The van der Waals surface area contributed by atoms with Crippen LogP contribution in [0.1, 0.15) is 9.67 Å². The molecule has 0 spiro atoms. The molecule has 2 heterocycles. The molecule has 140 valence electrons. The molecule has 0 aliphatic rings. The monoisotopic (exact) mass is 413 g/mol. The zero-order valence-electron chi connectivity index (χ0n) is 14.4. The maximum absolute atomic E-state index is 12.8. The minimum Gasteiger partial charge on any atom is -0.495 e. The molecule has 0 unspecified atom stereocenters. The van der Waals surface area contributed by atoms with Gasteiger partial charge in [-0.15, -0.1) is 11.3 Å². The lowest BCUT2D eigenvalue weighted by molar-refractivity contribution is -0.384. The van der Waals surface area contributed by atoms with Crippen LogP contribution < -0.4 is 10.1 Å². The molecular formula is C19H12ClN3O4S. The Kier molecular flexibility index (Phi) is 4.58. The Balaban J connectivity index is 1.76. The van der Waals surface area contributed by atoms with Gasteiger partial charge in [0.2, 0.25) is 0 Å². The van der Waals surface area contributed by atoms with Crippen molar-refractivity contribution in [2.45, 2.75) is 0 Å². The van der Waals surface area contributed by atoms with E-state index >= 15 is 0 Å². The number of halogens is 1. The number of ether oxygens (including phenoxy) is 1. The summed E-state index contributed by atoms with van der Waals surface area (Å²) in [5.74, 6) is -0.0923. The first kappa shape index (κ1) is 18.1. The number of non-ortho nitro benzene ring substituents is 1. The van der Waals surface area contributed by atoms with Crippen LogP contribution in [-0.2, 0) is 0 Å². The van der Waals surface area contributed by atoms with Crippen LogP contribution >= 0.6 is 22.9 Å². The molecule has 7 nitrogen and oxygen atoms in total. The summed E-state index contributed by atoms with van der Waals surface area (Å²) >= 11 is 7.57. The summed E-state index contributed by atoms with van der Waals surface area (Å²) in [6.07, 6.45) is 0. The number of pyridine rings is 1. The number of carbonyl (C=O) groups excluding carboxylic acids is 1. The number of nitro benzene ring substituents is 1. The largest absolute Gasteiger partial charge is 0.495 e. The van der Waals surface area contributed by atoms with Crippen molar-refractivity contribution < 1.29 is 14.5 Å². The van der Waals surface area contributed by atoms with Gasteiger partial charge >= 0.3 is 0 Å². The van der Waals surface area contributed by atoms with Crippen LogP contribution in [0.25, 0.3) is 21.0 Å². The third-order valence-corrected chi connectivity index (χ3v) is 5.64. The molecule has 9 heteroatoms. The molecule has 0 aliphatic carbocycles. The second-order valence-electron chi connectivity index (χ2n) is 5.87. The van der Waals surface area contributed by atoms with Crippen LogP contribution in [0.3, 0.4) is 0 Å². The number of fused-ring (bicyclic) bond motifs is 3. The van der Waals surface area contributed by atoms with Crippen LogP contribution in [-0.4, -0.2) is 22.9 Å². The van der Waals surface area contributed by atoms with E-state index in [-0.39, 0.29) is 11.4 Å². The number of thiophene rings is 1.